The van der Waals surface area contributed by atoms with Crippen molar-refractivity contribution in [2.24, 2.45) is 0 Å². The Labute approximate surface area is 104 Å². The number of benzene rings is 1. The lowest BCUT2D eigenvalue weighted by Crippen LogP contribution is -1.93. The van der Waals surface area contributed by atoms with Gasteiger partial charge in [0.2, 0.25) is 0 Å². The molecule has 0 radical (unpaired) electrons. The first-order valence-electron chi connectivity index (χ1n) is 4.18. The standard InChI is InChI=1S/C7H7Cl2NO2S.C2H4O/c1-10-7-3-2-5(4-6(7)8)13(9,11)12;1-2-3/h2-4,10H,1H3;2H,1H3. The molecule has 1 N–H and O–H groups in total. The third-order valence-corrected chi connectivity index (χ3v) is 3.16. The average Bonchev–Trinajstić information content (AvgIpc) is 2.17. The highest BCUT2D eigenvalue weighted by atomic mass is 35.7. The van der Waals surface area contributed by atoms with Gasteiger partial charge in [-0.2, -0.15) is 0 Å². The molecule has 0 bridgehead atoms. The maximum absolute atomic E-state index is 10.9. The molecule has 16 heavy (non-hydrogen) atoms. The van der Waals surface area contributed by atoms with Gasteiger partial charge in [-0.15, -0.1) is 0 Å². The Morgan fingerprint density at radius 1 is 1.38 bits per heavy atom. The molecule has 90 valence electrons. The first-order valence-corrected chi connectivity index (χ1v) is 6.87. The summed E-state index contributed by atoms with van der Waals surface area (Å²) >= 11 is 5.75. The van der Waals surface area contributed by atoms with Crippen molar-refractivity contribution >= 4 is 43.3 Å². The van der Waals surface area contributed by atoms with Crippen molar-refractivity contribution in [2.75, 3.05) is 12.4 Å². The molecule has 1 aromatic rings. The predicted molar refractivity (Wildman–Crippen MR) is 65.8 cm³/mol. The summed E-state index contributed by atoms with van der Waals surface area (Å²) in [7, 11) is 3.12. The minimum atomic E-state index is -3.69. The van der Waals surface area contributed by atoms with Gasteiger partial charge >= 0.3 is 0 Å². The fraction of sp³-hybridized carbons (Fsp3) is 0.222. The molecule has 1 rings (SSSR count). The summed E-state index contributed by atoms with van der Waals surface area (Å²) in [4.78, 5) is 8.80. The SMILES string of the molecule is CC=O.CNc1ccc(S(=O)(=O)Cl)cc1Cl. The molecule has 1 aromatic carbocycles. The van der Waals surface area contributed by atoms with Crippen LogP contribution in [0.5, 0.6) is 0 Å². The zero-order valence-electron chi connectivity index (χ0n) is 8.70. The monoisotopic (exact) mass is 283 g/mol. The summed E-state index contributed by atoms with van der Waals surface area (Å²) in [5, 5.41) is 3.13. The van der Waals surface area contributed by atoms with Gasteiger partial charge in [-0.05, 0) is 25.1 Å². The van der Waals surface area contributed by atoms with Crippen LogP contribution in [0.15, 0.2) is 23.1 Å². The molecule has 0 fully saturated rings. The fourth-order valence-corrected chi connectivity index (χ4v) is 1.97. The number of nitrogens with one attached hydrogen (secondary N) is 1. The van der Waals surface area contributed by atoms with E-state index >= 15 is 0 Å². The number of aldehydes is 1. The zero-order chi connectivity index (χ0) is 12.8. The minimum Gasteiger partial charge on any atom is -0.387 e. The molecule has 7 heteroatoms. The number of carbonyl (C=O) groups excluding carboxylic acids is 1. The summed E-state index contributed by atoms with van der Waals surface area (Å²) in [6.07, 6.45) is 0.750. The van der Waals surface area contributed by atoms with E-state index < -0.39 is 9.05 Å². The highest BCUT2D eigenvalue weighted by Gasteiger charge is 2.11. The molecule has 0 saturated carbocycles. The Morgan fingerprint density at radius 2 is 1.88 bits per heavy atom. The van der Waals surface area contributed by atoms with Crippen LogP contribution in [-0.4, -0.2) is 21.8 Å². The number of hydrogen-bond acceptors (Lipinski definition) is 4. The maximum atomic E-state index is 10.9. The summed E-state index contributed by atoms with van der Waals surface area (Å²) < 4.78 is 21.7. The van der Waals surface area contributed by atoms with E-state index in [-0.39, 0.29) is 4.90 Å². The Morgan fingerprint density at radius 3 is 2.19 bits per heavy atom. The summed E-state index contributed by atoms with van der Waals surface area (Å²) in [5.74, 6) is 0. The van der Waals surface area contributed by atoms with E-state index in [1.54, 1.807) is 13.1 Å². The van der Waals surface area contributed by atoms with Gasteiger partial charge in [0.05, 0.1) is 15.6 Å². The van der Waals surface area contributed by atoms with E-state index in [2.05, 4.69) is 5.32 Å². The largest absolute Gasteiger partial charge is 0.387 e. The van der Waals surface area contributed by atoms with Crippen LogP contribution in [-0.2, 0) is 13.8 Å². The highest BCUT2D eigenvalue weighted by Crippen LogP contribution is 2.26. The van der Waals surface area contributed by atoms with Crippen LogP contribution in [0.4, 0.5) is 5.69 Å². The number of rotatable bonds is 2. The normalized spacial score (nSPS) is 10.0. The van der Waals surface area contributed by atoms with Gasteiger partial charge in [-0.3, -0.25) is 0 Å². The molecule has 0 aliphatic rings. The van der Waals surface area contributed by atoms with Crippen molar-refractivity contribution in [1.82, 2.24) is 0 Å². The number of anilines is 1. The summed E-state index contributed by atoms with van der Waals surface area (Å²) in [5.41, 5.74) is 0.658. The van der Waals surface area contributed by atoms with Crippen molar-refractivity contribution in [3.05, 3.63) is 23.2 Å². The Kier molecular flexibility index (Phi) is 6.40. The minimum absolute atomic E-state index is 0.00170. The van der Waals surface area contributed by atoms with E-state index in [4.69, 9.17) is 27.1 Å². The lowest BCUT2D eigenvalue weighted by molar-refractivity contribution is -0.106. The van der Waals surface area contributed by atoms with E-state index in [0.717, 1.165) is 6.29 Å². The van der Waals surface area contributed by atoms with Gasteiger partial charge in [-0.25, -0.2) is 8.42 Å². The van der Waals surface area contributed by atoms with Crippen LogP contribution in [0.3, 0.4) is 0 Å². The van der Waals surface area contributed by atoms with Crippen LogP contribution >= 0.6 is 22.3 Å². The van der Waals surface area contributed by atoms with Gasteiger partial charge < -0.3 is 10.1 Å². The van der Waals surface area contributed by atoms with Crippen LogP contribution in [0.2, 0.25) is 5.02 Å². The van der Waals surface area contributed by atoms with Gasteiger partial charge in [0, 0.05) is 17.7 Å². The van der Waals surface area contributed by atoms with Crippen molar-refractivity contribution < 1.29 is 13.2 Å². The molecule has 0 aromatic heterocycles. The zero-order valence-corrected chi connectivity index (χ0v) is 11.0. The Hall–Kier alpha value is -0.780. The lowest BCUT2D eigenvalue weighted by Gasteiger charge is -2.03. The second kappa shape index (κ2) is 6.73. The van der Waals surface area contributed by atoms with E-state index in [1.807, 2.05) is 0 Å². The first kappa shape index (κ1) is 15.2. The lowest BCUT2D eigenvalue weighted by atomic mass is 10.3. The summed E-state index contributed by atoms with van der Waals surface area (Å²) in [6.45, 7) is 1.44. The van der Waals surface area contributed by atoms with Gasteiger partial charge in [0.25, 0.3) is 9.05 Å². The van der Waals surface area contributed by atoms with Gasteiger partial charge in [0.15, 0.2) is 0 Å². The van der Waals surface area contributed by atoms with Crippen molar-refractivity contribution in [2.45, 2.75) is 11.8 Å². The summed E-state index contributed by atoms with van der Waals surface area (Å²) in [6, 6.07) is 4.24. The predicted octanol–water partition coefficient (Wildman–Crippen LogP) is 2.51. The van der Waals surface area contributed by atoms with Gasteiger partial charge in [0.1, 0.15) is 6.29 Å². The molecule has 0 aliphatic carbocycles. The second-order valence-corrected chi connectivity index (χ2v) is 5.54. The van der Waals surface area contributed by atoms with Crippen LogP contribution in [0, 0.1) is 0 Å². The quantitative estimate of drug-likeness (QED) is 0.669. The van der Waals surface area contributed by atoms with E-state index in [1.165, 1.54) is 19.1 Å². The van der Waals surface area contributed by atoms with Crippen LogP contribution in [0.1, 0.15) is 6.92 Å². The molecular formula is C9H11Cl2NO3S. The molecule has 0 unspecified atom stereocenters. The van der Waals surface area contributed by atoms with Crippen LogP contribution in [0.25, 0.3) is 0 Å². The third-order valence-electron chi connectivity index (χ3n) is 1.49. The third kappa shape index (κ3) is 4.83. The van der Waals surface area contributed by atoms with E-state index in [0.29, 0.717) is 10.7 Å². The molecule has 0 amide bonds. The number of hydrogen-bond donors (Lipinski definition) is 1. The average molecular weight is 284 g/mol. The topological polar surface area (TPSA) is 63.2 Å². The van der Waals surface area contributed by atoms with Crippen molar-refractivity contribution in [3.63, 3.8) is 0 Å². The molecule has 0 spiro atoms. The Balaban J connectivity index is 0.000000673. The number of carbonyl (C=O) groups is 1. The number of halogens is 2. The smallest absolute Gasteiger partial charge is 0.261 e. The molecule has 0 aliphatic heterocycles. The molecular weight excluding hydrogens is 273 g/mol. The maximum Gasteiger partial charge on any atom is 0.261 e. The van der Waals surface area contributed by atoms with E-state index in [9.17, 15) is 8.42 Å². The van der Waals surface area contributed by atoms with Crippen molar-refractivity contribution in [3.8, 4) is 0 Å². The van der Waals surface area contributed by atoms with Crippen molar-refractivity contribution in [1.29, 1.82) is 0 Å². The molecule has 4 nitrogen and oxygen atoms in total. The molecule has 0 saturated heterocycles. The Bertz CT molecular complexity index is 460. The fourth-order valence-electron chi connectivity index (χ4n) is 0.850. The first-order chi connectivity index (χ1) is 7.36. The molecule has 0 atom stereocenters. The van der Waals surface area contributed by atoms with Gasteiger partial charge in [-0.1, -0.05) is 11.6 Å². The highest BCUT2D eigenvalue weighted by molar-refractivity contribution is 8.13. The second-order valence-electron chi connectivity index (χ2n) is 2.57. The molecule has 0 heterocycles. The van der Waals surface area contributed by atoms with Crippen LogP contribution < -0.4 is 5.32 Å².